The van der Waals surface area contributed by atoms with Crippen molar-refractivity contribution in [2.24, 2.45) is 0 Å². The zero-order valence-electron chi connectivity index (χ0n) is 12.3. The monoisotopic (exact) mass is 285 g/mol. The largest absolute Gasteiger partial charge is 0.276 e. The van der Waals surface area contributed by atoms with E-state index in [0.717, 1.165) is 33.8 Å². The maximum atomic E-state index is 4.82. The second-order valence-electron chi connectivity index (χ2n) is 5.27. The molecule has 0 saturated heterocycles. The first-order valence-electron chi connectivity index (χ1n) is 7.29. The van der Waals surface area contributed by atoms with E-state index >= 15 is 0 Å². The molecule has 0 amide bonds. The number of pyridine rings is 1. The van der Waals surface area contributed by atoms with Gasteiger partial charge in [0.25, 0.3) is 0 Å². The molecular formula is C19H15N3. The summed E-state index contributed by atoms with van der Waals surface area (Å²) < 4.78 is 2.14. The molecule has 0 fully saturated rings. The Morgan fingerprint density at radius 2 is 1.59 bits per heavy atom. The zero-order valence-corrected chi connectivity index (χ0v) is 12.3. The number of hydrogen-bond donors (Lipinski definition) is 0. The summed E-state index contributed by atoms with van der Waals surface area (Å²) in [5, 5.41) is 0. The van der Waals surface area contributed by atoms with Gasteiger partial charge < -0.3 is 0 Å². The Hall–Kier alpha value is -2.94. The van der Waals surface area contributed by atoms with E-state index in [1.807, 2.05) is 48.7 Å². The van der Waals surface area contributed by atoms with Gasteiger partial charge >= 0.3 is 0 Å². The molecule has 0 spiro atoms. The van der Waals surface area contributed by atoms with Gasteiger partial charge in [0, 0.05) is 11.8 Å². The van der Waals surface area contributed by atoms with Gasteiger partial charge in [-0.1, -0.05) is 48.5 Å². The molecule has 22 heavy (non-hydrogen) atoms. The summed E-state index contributed by atoms with van der Waals surface area (Å²) in [4.78, 5) is 9.40. The van der Waals surface area contributed by atoms with Gasteiger partial charge in [-0.15, -0.1) is 0 Å². The van der Waals surface area contributed by atoms with Crippen LogP contribution in [0.3, 0.4) is 0 Å². The second-order valence-corrected chi connectivity index (χ2v) is 5.27. The van der Waals surface area contributed by atoms with Crippen molar-refractivity contribution >= 4 is 11.0 Å². The minimum Gasteiger partial charge on any atom is -0.276 e. The lowest BCUT2D eigenvalue weighted by molar-refractivity contribution is 1.01. The molecule has 0 radical (unpaired) electrons. The van der Waals surface area contributed by atoms with E-state index in [4.69, 9.17) is 4.98 Å². The molecule has 0 atom stereocenters. The molecule has 0 bridgehead atoms. The Balaban J connectivity index is 2.10. The lowest BCUT2D eigenvalue weighted by Gasteiger charge is -2.10. The molecule has 4 aromatic rings. The third kappa shape index (κ3) is 1.99. The molecule has 2 aromatic carbocycles. The Morgan fingerprint density at radius 1 is 0.818 bits per heavy atom. The molecule has 2 aromatic heterocycles. The molecule has 3 nitrogen and oxygen atoms in total. The number of aryl methyl sites for hydroxylation is 1. The number of aromatic nitrogens is 3. The van der Waals surface area contributed by atoms with Crippen molar-refractivity contribution in [2.75, 3.05) is 0 Å². The van der Waals surface area contributed by atoms with Crippen molar-refractivity contribution < 1.29 is 0 Å². The maximum absolute atomic E-state index is 4.82. The van der Waals surface area contributed by atoms with Crippen LogP contribution in [0.25, 0.3) is 28.2 Å². The first kappa shape index (κ1) is 12.8. The van der Waals surface area contributed by atoms with Crippen LogP contribution < -0.4 is 0 Å². The minimum atomic E-state index is 0.920. The molecule has 0 aliphatic carbocycles. The predicted molar refractivity (Wildman–Crippen MR) is 89.0 cm³/mol. The van der Waals surface area contributed by atoms with Crippen LogP contribution in [0.5, 0.6) is 0 Å². The number of fused-ring (bicyclic) bond motifs is 1. The van der Waals surface area contributed by atoms with Gasteiger partial charge in [0.2, 0.25) is 0 Å². The van der Waals surface area contributed by atoms with E-state index in [1.165, 1.54) is 0 Å². The van der Waals surface area contributed by atoms with Crippen LogP contribution >= 0.6 is 0 Å². The summed E-state index contributed by atoms with van der Waals surface area (Å²) in [5.41, 5.74) is 4.26. The van der Waals surface area contributed by atoms with Crippen LogP contribution in [0, 0.1) is 6.92 Å². The van der Waals surface area contributed by atoms with Crippen LogP contribution in [0.15, 0.2) is 72.9 Å². The SMILES string of the molecule is Cc1cccnc1-n1c(-c2ccccc2)nc2ccccc21. The summed E-state index contributed by atoms with van der Waals surface area (Å²) in [7, 11) is 0. The van der Waals surface area contributed by atoms with Crippen molar-refractivity contribution in [3.8, 4) is 17.2 Å². The summed E-state index contributed by atoms with van der Waals surface area (Å²) in [6.07, 6.45) is 1.83. The Morgan fingerprint density at radius 3 is 2.41 bits per heavy atom. The number of nitrogens with zero attached hydrogens (tertiary/aromatic N) is 3. The van der Waals surface area contributed by atoms with Crippen molar-refractivity contribution in [3.63, 3.8) is 0 Å². The van der Waals surface area contributed by atoms with E-state index in [2.05, 4.69) is 40.7 Å². The van der Waals surface area contributed by atoms with Gasteiger partial charge in [0.15, 0.2) is 0 Å². The standard InChI is InChI=1S/C19H15N3/c1-14-8-7-13-20-18(14)22-17-12-6-5-11-16(17)21-19(22)15-9-3-2-4-10-15/h2-13H,1H3. The highest BCUT2D eigenvalue weighted by atomic mass is 15.1. The van der Waals surface area contributed by atoms with Crippen LogP contribution in [0.4, 0.5) is 0 Å². The number of para-hydroxylation sites is 2. The van der Waals surface area contributed by atoms with Gasteiger partial charge in [-0.25, -0.2) is 9.97 Å². The van der Waals surface area contributed by atoms with Crippen LogP contribution in [0.1, 0.15) is 5.56 Å². The zero-order chi connectivity index (χ0) is 14.9. The topological polar surface area (TPSA) is 30.7 Å². The number of imidazole rings is 1. The Bertz CT molecular complexity index is 939. The molecule has 106 valence electrons. The van der Waals surface area contributed by atoms with Crippen molar-refractivity contribution in [1.82, 2.24) is 14.5 Å². The fourth-order valence-electron chi connectivity index (χ4n) is 2.73. The van der Waals surface area contributed by atoms with Gasteiger partial charge in [-0.2, -0.15) is 0 Å². The fraction of sp³-hybridized carbons (Fsp3) is 0.0526. The van der Waals surface area contributed by atoms with Gasteiger partial charge in [0.05, 0.1) is 11.0 Å². The average Bonchev–Trinajstić information content (AvgIpc) is 2.95. The third-order valence-electron chi connectivity index (χ3n) is 3.79. The lowest BCUT2D eigenvalue weighted by atomic mass is 10.2. The molecule has 0 aliphatic heterocycles. The van der Waals surface area contributed by atoms with E-state index in [0.29, 0.717) is 0 Å². The maximum Gasteiger partial charge on any atom is 0.146 e. The lowest BCUT2D eigenvalue weighted by Crippen LogP contribution is -2.02. The van der Waals surface area contributed by atoms with Crippen molar-refractivity contribution in [2.45, 2.75) is 6.92 Å². The first-order valence-corrected chi connectivity index (χ1v) is 7.29. The molecule has 0 N–H and O–H groups in total. The van der Waals surface area contributed by atoms with E-state index in [9.17, 15) is 0 Å². The summed E-state index contributed by atoms with van der Waals surface area (Å²) in [6, 6.07) is 22.4. The molecule has 2 heterocycles. The van der Waals surface area contributed by atoms with Crippen LogP contribution in [-0.4, -0.2) is 14.5 Å². The predicted octanol–water partition coefficient (Wildman–Crippen LogP) is 4.40. The highest BCUT2D eigenvalue weighted by Gasteiger charge is 2.15. The normalized spacial score (nSPS) is 11.0. The average molecular weight is 285 g/mol. The smallest absolute Gasteiger partial charge is 0.146 e. The Kier molecular flexibility index (Phi) is 2.97. The number of rotatable bonds is 2. The molecular weight excluding hydrogens is 270 g/mol. The van der Waals surface area contributed by atoms with E-state index in [-0.39, 0.29) is 0 Å². The Labute approximate surface area is 128 Å². The van der Waals surface area contributed by atoms with Crippen LogP contribution in [-0.2, 0) is 0 Å². The summed E-state index contributed by atoms with van der Waals surface area (Å²) in [6.45, 7) is 2.08. The summed E-state index contributed by atoms with van der Waals surface area (Å²) in [5.74, 6) is 1.85. The number of hydrogen-bond acceptors (Lipinski definition) is 2. The van der Waals surface area contributed by atoms with Gasteiger partial charge in [-0.05, 0) is 30.7 Å². The second kappa shape index (κ2) is 5.11. The number of benzene rings is 2. The molecule has 0 unspecified atom stereocenters. The van der Waals surface area contributed by atoms with Gasteiger partial charge in [0.1, 0.15) is 11.6 Å². The molecule has 3 heteroatoms. The van der Waals surface area contributed by atoms with Crippen molar-refractivity contribution in [1.29, 1.82) is 0 Å². The van der Waals surface area contributed by atoms with Crippen LogP contribution in [0.2, 0.25) is 0 Å². The highest BCUT2D eigenvalue weighted by molar-refractivity contribution is 5.83. The summed E-state index contributed by atoms with van der Waals surface area (Å²) >= 11 is 0. The van der Waals surface area contributed by atoms with Gasteiger partial charge in [-0.3, -0.25) is 4.57 Å². The third-order valence-corrected chi connectivity index (χ3v) is 3.79. The quantitative estimate of drug-likeness (QED) is 0.546. The minimum absolute atomic E-state index is 0.920. The molecule has 0 saturated carbocycles. The van der Waals surface area contributed by atoms with E-state index < -0.39 is 0 Å². The highest BCUT2D eigenvalue weighted by Crippen LogP contribution is 2.28. The van der Waals surface area contributed by atoms with Crippen molar-refractivity contribution in [3.05, 3.63) is 78.5 Å². The van der Waals surface area contributed by atoms with E-state index in [1.54, 1.807) is 0 Å². The molecule has 0 aliphatic rings. The molecule has 4 rings (SSSR count). The first-order chi connectivity index (χ1) is 10.8. The fourth-order valence-corrected chi connectivity index (χ4v) is 2.73.